The van der Waals surface area contributed by atoms with Gasteiger partial charge in [0.05, 0.1) is 9.79 Å². The van der Waals surface area contributed by atoms with Gasteiger partial charge in [0.15, 0.2) is 0 Å². The minimum absolute atomic E-state index is 0.0739. The van der Waals surface area contributed by atoms with Crippen LogP contribution in [-0.2, 0) is 20.0 Å². The van der Waals surface area contributed by atoms with Gasteiger partial charge in [-0.25, -0.2) is 16.8 Å². The summed E-state index contributed by atoms with van der Waals surface area (Å²) < 4.78 is 81.1. The summed E-state index contributed by atoms with van der Waals surface area (Å²) in [5.41, 5.74) is 1.06. The molecule has 0 aromatic heterocycles. The van der Waals surface area contributed by atoms with Gasteiger partial charge in [-0.3, -0.25) is 9.52 Å². The lowest BCUT2D eigenvalue weighted by molar-refractivity contribution is 0.102. The molecule has 0 spiro atoms. The van der Waals surface area contributed by atoms with Crippen molar-refractivity contribution in [2.24, 2.45) is 0 Å². The third-order valence-corrected chi connectivity index (χ3v) is 10.5. The molecule has 214 valence electrons. The molecule has 0 aliphatic carbocycles. The Morgan fingerprint density at radius 1 is 0.850 bits per heavy atom. The molecule has 3 aromatic rings. The first kappa shape index (κ1) is 30.0. The highest BCUT2D eigenvalue weighted by Crippen LogP contribution is 2.28. The van der Waals surface area contributed by atoms with E-state index in [4.69, 9.17) is 0 Å². The second kappa shape index (κ2) is 12.7. The normalized spacial score (nSPS) is 15.0. The minimum Gasteiger partial charge on any atom is -0.322 e. The lowest BCUT2D eigenvalue weighted by Gasteiger charge is -2.20. The number of anilines is 2. The van der Waals surface area contributed by atoms with Crippen LogP contribution in [0.5, 0.6) is 0 Å². The molecule has 0 atom stereocenters. The van der Waals surface area contributed by atoms with Crippen LogP contribution in [0.3, 0.4) is 0 Å². The number of thioether (sulfide) groups is 1. The number of aryl methyl sites for hydroxylation is 1. The van der Waals surface area contributed by atoms with E-state index in [9.17, 15) is 30.4 Å². The summed E-state index contributed by atoms with van der Waals surface area (Å²) in [6.45, 7) is 2.55. The molecular formula is C27H29F2N3O5S3. The van der Waals surface area contributed by atoms with Gasteiger partial charge < -0.3 is 5.32 Å². The molecule has 0 saturated carbocycles. The average Bonchev–Trinajstić information content (AvgIpc) is 3.21. The zero-order valence-corrected chi connectivity index (χ0v) is 24.1. The molecule has 3 aromatic carbocycles. The van der Waals surface area contributed by atoms with Gasteiger partial charge in [-0.15, -0.1) is 0 Å². The number of sulfonamides is 2. The quantitative estimate of drug-likeness (QED) is 0.291. The first-order valence-electron chi connectivity index (χ1n) is 12.6. The van der Waals surface area contributed by atoms with Crippen LogP contribution in [0.2, 0.25) is 0 Å². The Morgan fingerprint density at radius 3 is 2.05 bits per heavy atom. The Kier molecular flexibility index (Phi) is 9.49. The number of rotatable bonds is 9. The van der Waals surface area contributed by atoms with Gasteiger partial charge in [0.1, 0.15) is 0 Å². The number of carbonyl (C=O) groups excluding carboxylic acids is 1. The highest BCUT2D eigenvalue weighted by Gasteiger charge is 2.25. The van der Waals surface area contributed by atoms with Crippen molar-refractivity contribution in [2.45, 2.75) is 53.1 Å². The molecule has 1 fully saturated rings. The number of hydrogen-bond acceptors (Lipinski definition) is 6. The van der Waals surface area contributed by atoms with Gasteiger partial charge in [0.2, 0.25) is 10.0 Å². The van der Waals surface area contributed by atoms with Crippen molar-refractivity contribution in [3.05, 3.63) is 77.9 Å². The molecule has 0 radical (unpaired) electrons. The minimum atomic E-state index is -4.07. The number of nitrogens with one attached hydrogen (secondary N) is 2. The molecular weight excluding hydrogens is 581 g/mol. The van der Waals surface area contributed by atoms with Gasteiger partial charge in [0, 0.05) is 34.9 Å². The van der Waals surface area contributed by atoms with Gasteiger partial charge in [0.25, 0.3) is 21.7 Å². The zero-order valence-electron chi connectivity index (χ0n) is 21.6. The predicted molar refractivity (Wildman–Crippen MR) is 152 cm³/mol. The fourth-order valence-corrected chi connectivity index (χ4v) is 7.64. The molecule has 0 unspecified atom stereocenters. The molecule has 1 amide bonds. The summed E-state index contributed by atoms with van der Waals surface area (Å²) in [6, 6.07) is 15.6. The number of hydrogen-bond donors (Lipinski definition) is 2. The van der Waals surface area contributed by atoms with Crippen molar-refractivity contribution >= 4 is 49.1 Å². The van der Waals surface area contributed by atoms with Crippen LogP contribution in [0.15, 0.2) is 81.4 Å². The molecule has 8 nitrogen and oxygen atoms in total. The Morgan fingerprint density at radius 2 is 1.45 bits per heavy atom. The van der Waals surface area contributed by atoms with Gasteiger partial charge in [-0.2, -0.15) is 13.1 Å². The summed E-state index contributed by atoms with van der Waals surface area (Å²) in [7, 11) is -7.72. The molecule has 1 aliphatic rings. The second-order valence-corrected chi connectivity index (χ2v) is 13.9. The smallest absolute Gasteiger partial charge is 0.288 e. The lowest BCUT2D eigenvalue weighted by atomic mass is 10.2. The first-order valence-corrected chi connectivity index (χ1v) is 16.4. The molecule has 40 heavy (non-hydrogen) atoms. The molecule has 1 heterocycles. The maximum absolute atomic E-state index is 13.1. The number of amides is 1. The SMILES string of the molecule is Cc1ccc(NC(=O)c2ccc(S(=O)(=O)N3CCCCCC3)cc2)cc1S(=O)(=O)Nc1ccc(SC(F)F)cc1. The van der Waals surface area contributed by atoms with Crippen LogP contribution in [0.1, 0.15) is 41.6 Å². The third-order valence-electron chi connectivity index (χ3n) is 6.39. The Bertz CT molecular complexity index is 1560. The standard InChI is InChI=1S/C27H29F2N3O5S3/c1-19-6-9-22(18-25(19)39(34,35)31-21-10-12-23(13-11-21)38-27(28)29)30-26(33)20-7-14-24(15-8-20)40(36,37)32-16-4-2-3-5-17-32/h6-15,18,27,31H,2-5,16-17H2,1H3,(H,30,33). The van der Waals surface area contributed by atoms with E-state index in [2.05, 4.69) is 10.0 Å². The summed E-state index contributed by atoms with van der Waals surface area (Å²) >= 11 is 0.356. The topological polar surface area (TPSA) is 113 Å². The molecule has 4 rings (SSSR count). The van der Waals surface area contributed by atoms with E-state index in [1.54, 1.807) is 19.1 Å². The maximum atomic E-state index is 13.1. The van der Waals surface area contributed by atoms with Crippen LogP contribution < -0.4 is 10.0 Å². The van der Waals surface area contributed by atoms with E-state index in [1.165, 1.54) is 58.9 Å². The molecule has 13 heteroatoms. The third kappa shape index (κ3) is 7.39. The van der Waals surface area contributed by atoms with Gasteiger partial charge in [-0.1, -0.05) is 30.7 Å². The largest absolute Gasteiger partial charge is 0.322 e. The monoisotopic (exact) mass is 609 g/mol. The predicted octanol–water partition coefficient (Wildman–Crippen LogP) is 5.93. The van der Waals surface area contributed by atoms with E-state index < -0.39 is 31.7 Å². The number of nitrogens with zero attached hydrogens (tertiary/aromatic N) is 1. The summed E-state index contributed by atoms with van der Waals surface area (Å²) in [4.78, 5) is 13.2. The molecule has 1 saturated heterocycles. The van der Waals surface area contributed by atoms with Crippen molar-refractivity contribution in [1.82, 2.24) is 4.31 Å². The van der Waals surface area contributed by atoms with Crippen molar-refractivity contribution in [1.29, 1.82) is 0 Å². The summed E-state index contributed by atoms with van der Waals surface area (Å²) in [5, 5.41) is 2.65. The van der Waals surface area contributed by atoms with Crippen LogP contribution in [0.4, 0.5) is 20.2 Å². The zero-order chi connectivity index (χ0) is 28.9. The van der Waals surface area contributed by atoms with Gasteiger partial charge >= 0.3 is 0 Å². The van der Waals surface area contributed by atoms with Crippen LogP contribution in [0.25, 0.3) is 0 Å². The van der Waals surface area contributed by atoms with Crippen molar-refractivity contribution in [3.8, 4) is 0 Å². The van der Waals surface area contributed by atoms with E-state index in [0.717, 1.165) is 25.7 Å². The van der Waals surface area contributed by atoms with E-state index >= 15 is 0 Å². The Balaban J connectivity index is 1.47. The number of benzene rings is 3. The molecule has 1 aliphatic heterocycles. The Labute approximate surface area is 237 Å². The van der Waals surface area contributed by atoms with Crippen molar-refractivity contribution in [3.63, 3.8) is 0 Å². The van der Waals surface area contributed by atoms with E-state index in [1.807, 2.05) is 0 Å². The molecule has 2 N–H and O–H groups in total. The molecule has 0 bridgehead atoms. The summed E-state index contributed by atoms with van der Waals surface area (Å²) in [5.74, 6) is -3.12. The summed E-state index contributed by atoms with van der Waals surface area (Å²) in [6.07, 6.45) is 3.63. The van der Waals surface area contributed by atoms with Crippen LogP contribution in [0, 0.1) is 6.92 Å². The highest BCUT2D eigenvalue weighted by molar-refractivity contribution is 7.99. The highest BCUT2D eigenvalue weighted by atomic mass is 32.2. The maximum Gasteiger partial charge on any atom is 0.288 e. The first-order chi connectivity index (χ1) is 19.0. The lowest BCUT2D eigenvalue weighted by Crippen LogP contribution is -2.31. The van der Waals surface area contributed by atoms with E-state index in [-0.39, 0.29) is 26.7 Å². The Hall–Kier alpha value is -3.00. The van der Waals surface area contributed by atoms with E-state index in [0.29, 0.717) is 35.3 Å². The van der Waals surface area contributed by atoms with Crippen LogP contribution >= 0.6 is 11.8 Å². The van der Waals surface area contributed by atoms with Crippen LogP contribution in [-0.4, -0.2) is 45.9 Å². The second-order valence-electron chi connectivity index (χ2n) is 9.29. The number of carbonyl (C=O) groups is 1. The van der Waals surface area contributed by atoms with Crippen molar-refractivity contribution < 1.29 is 30.4 Å². The fourth-order valence-electron chi connectivity index (χ4n) is 4.29. The van der Waals surface area contributed by atoms with Gasteiger partial charge in [-0.05, 0) is 86.0 Å². The fraction of sp³-hybridized carbons (Fsp3) is 0.296. The average molecular weight is 610 g/mol. The number of alkyl halides is 2. The number of halogens is 2. The van der Waals surface area contributed by atoms with Crippen molar-refractivity contribution in [2.75, 3.05) is 23.1 Å².